The summed E-state index contributed by atoms with van der Waals surface area (Å²) in [5, 5.41) is 24.3. The number of carbonyl (C=O) groups excluding carboxylic acids is 1. The van der Waals surface area contributed by atoms with Crippen molar-refractivity contribution in [3.05, 3.63) is 108 Å². The van der Waals surface area contributed by atoms with Crippen molar-refractivity contribution >= 4 is 97.4 Å². The number of hydrogen-bond acceptors (Lipinski definition) is 15. The second-order valence-electron chi connectivity index (χ2n) is 12.4. The maximum Gasteiger partial charge on any atom is 0.318 e. The molecule has 0 aliphatic rings. The lowest BCUT2D eigenvalue weighted by atomic mass is 10.1. The first-order valence-corrected chi connectivity index (χ1v) is 22.1. The van der Waals surface area contributed by atoms with E-state index in [1.54, 1.807) is 38.1 Å². The minimum absolute atomic E-state index is 0.0173. The molecular formula is C34H31N9O13S4. The number of anilines is 2. The Kier molecular flexibility index (Phi) is 12.6. The van der Waals surface area contributed by atoms with Gasteiger partial charge in [0.1, 0.15) is 10.7 Å². The first-order valence-electron chi connectivity index (χ1n) is 16.3. The average molecular weight is 902 g/mol. The maximum absolute atomic E-state index is 12.0. The molecule has 0 aliphatic heterocycles. The molecule has 5 aromatic carbocycles. The molecule has 5 rings (SSSR count). The summed E-state index contributed by atoms with van der Waals surface area (Å²) in [7, 11) is -19.4. The van der Waals surface area contributed by atoms with E-state index in [1.807, 2.05) is 0 Å². The van der Waals surface area contributed by atoms with Crippen LogP contribution in [0.3, 0.4) is 0 Å². The van der Waals surface area contributed by atoms with Gasteiger partial charge in [-0.25, -0.2) is 4.79 Å². The van der Waals surface area contributed by atoms with Gasteiger partial charge in [-0.1, -0.05) is 12.6 Å². The van der Waals surface area contributed by atoms with E-state index >= 15 is 0 Å². The molecule has 0 aliphatic carbocycles. The Morgan fingerprint density at radius 3 is 1.57 bits per heavy atom. The molecule has 0 spiro atoms. The molecule has 0 fully saturated rings. The number of amides is 2. The van der Waals surface area contributed by atoms with Gasteiger partial charge in [-0.05, 0) is 109 Å². The normalized spacial score (nSPS) is 12.9. The number of fused-ring (bicyclic) bond motifs is 1. The fourth-order valence-corrected chi connectivity index (χ4v) is 7.72. The number of guanidine groups is 1. The summed E-state index contributed by atoms with van der Waals surface area (Å²) in [6.45, 7) is 7.16. The third-order valence-corrected chi connectivity index (χ3v) is 11.3. The molecule has 22 nitrogen and oxygen atoms in total. The minimum Gasteiger partial charge on any atom is -0.351 e. The topological polar surface area (TPSA) is 358 Å². The predicted molar refractivity (Wildman–Crippen MR) is 217 cm³/mol. The summed E-state index contributed by atoms with van der Waals surface area (Å²) in [6.07, 6.45) is 0. The molecule has 0 aromatic heterocycles. The Labute approximate surface area is 341 Å². The van der Waals surface area contributed by atoms with Gasteiger partial charge in [0.2, 0.25) is 5.96 Å². The molecule has 0 bridgehead atoms. The number of nitrogens with zero attached hydrogens (tertiary/aromatic N) is 5. The van der Waals surface area contributed by atoms with Crippen LogP contribution in [0, 0.1) is 13.8 Å². The maximum atomic E-state index is 12.0. The highest BCUT2D eigenvalue weighted by Gasteiger charge is 2.21. The first kappa shape index (κ1) is 44.6. The highest BCUT2D eigenvalue weighted by Crippen LogP contribution is 2.33. The second-order valence-corrected chi connectivity index (χ2v) is 18.1. The van der Waals surface area contributed by atoms with E-state index in [1.165, 1.54) is 30.3 Å². The summed E-state index contributed by atoms with van der Waals surface area (Å²) < 4.78 is 132. The fourth-order valence-electron chi connectivity index (χ4n) is 5.21. The SMILES string of the molecule is C=C(/N=C(\NC(N)=O)Nc1ccc(/N=N/c2ccc3cc(S(=O)(=O)O)cc(S(=O)(=O)O)c3c2)c(C)c1)Nc1ccc(/N=N/c2cc(S(=O)(=O)O)cc(S(=O)(=O)O)c2)c(C)c1. The molecule has 0 saturated heterocycles. The molecule has 26 heteroatoms. The van der Waals surface area contributed by atoms with Crippen LogP contribution >= 0.6 is 0 Å². The molecule has 5 aromatic rings. The van der Waals surface area contributed by atoms with Crippen molar-refractivity contribution in [2.75, 3.05) is 10.6 Å². The number of rotatable bonds is 12. The highest BCUT2D eigenvalue weighted by atomic mass is 32.2. The quantitative estimate of drug-likeness (QED) is 0.0295. The van der Waals surface area contributed by atoms with E-state index in [-0.39, 0.29) is 39.6 Å². The standard InChI is InChI=1S/C34H31N9O13S4/c1-18-10-22(6-8-31(18)43-41-25-13-27(58(48,49)50)16-28(14-25)59(51,52)53)36-20(3)37-34(39-33(35)44)38-23-7-9-30(19(2)11-23)42-40-24-5-4-21-12-26(57(45,46)47)17-32(29(21)15-24)60(54,55)56/h4-17,36H,3H2,1-2H3,(H,45,46,47)(H,48,49,50)(H,51,52,53)(H,54,55,56)(H4,35,37,38,39,44)/b42-40+,43-41+. The summed E-state index contributed by atoms with van der Waals surface area (Å²) in [5.41, 5.74) is 7.72. The van der Waals surface area contributed by atoms with Crippen molar-refractivity contribution in [1.29, 1.82) is 0 Å². The Morgan fingerprint density at radius 1 is 0.583 bits per heavy atom. The molecule has 0 heterocycles. The van der Waals surface area contributed by atoms with Crippen LogP contribution in [0.1, 0.15) is 11.1 Å². The number of carbonyl (C=O) groups is 1. The minimum atomic E-state index is -4.92. The van der Waals surface area contributed by atoms with Crippen LogP contribution in [0.15, 0.2) is 142 Å². The number of hydrogen-bond donors (Lipinski definition) is 8. The van der Waals surface area contributed by atoms with Gasteiger partial charge in [-0.2, -0.15) is 59.1 Å². The summed E-state index contributed by atoms with van der Waals surface area (Å²) >= 11 is 0. The Balaban J connectivity index is 1.31. The third kappa shape index (κ3) is 11.6. The zero-order valence-electron chi connectivity index (χ0n) is 30.7. The monoisotopic (exact) mass is 901 g/mol. The van der Waals surface area contributed by atoms with E-state index < -0.39 is 66.1 Å². The largest absolute Gasteiger partial charge is 0.351 e. The van der Waals surface area contributed by atoms with Crippen molar-refractivity contribution in [3.63, 3.8) is 0 Å². The van der Waals surface area contributed by atoms with Gasteiger partial charge in [0.15, 0.2) is 0 Å². The summed E-state index contributed by atoms with van der Waals surface area (Å²) in [5.74, 6) is -0.126. The van der Waals surface area contributed by atoms with Crippen molar-refractivity contribution in [3.8, 4) is 0 Å². The third-order valence-electron chi connectivity index (χ3n) is 7.89. The van der Waals surface area contributed by atoms with Crippen LogP contribution in [0.4, 0.5) is 38.9 Å². The molecule has 60 heavy (non-hydrogen) atoms. The van der Waals surface area contributed by atoms with Gasteiger partial charge in [-0.3, -0.25) is 23.5 Å². The van der Waals surface area contributed by atoms with E-state index in [2.05, 4.69) is 48.0 Å². The fraction of sp³-hybridized carbons (Fsp3) is 0.0588. The predicted octanol–water partition coefficient (Wildman–Crippen LogP) is 6.29. The Morgan fingerprint density at radius 2 is 1.08 bits per heavy atom. The lowest BCUT2D eigenvalue weighted by Gasteiger charge is -2.13. The van der Waals surface area contributed by atoms with Crippen molar-refractivity contribution in [2.45, 2.75) is 33.4 Å². The van der Waals surface area contributed by atoms with Gasteiger partial charge in [0.05, 0.1) is 37.4 Å². The van der Waals surface area contributed by atoms with Crippen molar-refractivity contribution in [1.82, 2.24) is 5.32 Å². The smallest absolute Gasteiger partial charge is 0.318 e. The molecule has 0 atom stereocenters. The number of primary amides is 1. The lowest BCUT2D eigenvalue weighted by molar-refractivity contribution is 0.253. The van der Waals surface area contributed by atoms with Gasteiger partial charge in [-0.15, -0.1) is 0 Å². The summed E-state index contributed by atoms with van der Waals surface area (Å²) in [4.78, 5) is 12.9. The number of urea groups is 1. The molecular weight excluding hydrogens is 871 g/mol. The van der Waals surface area contributed by atoms with Crippen molar-refractivity contribution in [2.24, 2.45) is 31.2 Å². The lowest BCUT2D eigenvalue weighted by Crippen LogP contribution is -2.39. The van der Waals surface area contributed by atoms with Crippen LogP contribution in [0.25, 0.3) is 10.8 Å². The van der Waals surface area contributed by atoms with E-state index in [0.29, 0.717) is 40.3 Å². The van der Waals surface area contributed by atoms with Crippen molar-refractivity contribution < 1.29 is 56.7 Å². The van der Waals surface area contributed by atoms with Crippen LogP contribution in [-0.4, -0.2) is 63.9 Å². The number of benzene rings is 5. The average Bonchev–Trinajstić information content (AvgIpc) is 3.11. The molecule has 9 N–H and O–H groups in total. The molecule has 2 amide bonds. The zero-order chi connectivity index (χ0) is 44.4. The van der Waals surface area contributed by atoms with Gasteiger partial charge in [0, 0.05) is 16.8 Å². The number of nitrogens with one attached hydrogen (secondary N) is 3. The molecule has 0 radical (unpaired) electrons. The van der Waals surface area contributed by atoms with Gasteiger partial charge < -0.3 is 16.4 Å². The number of nitrogens with two attached hydrogens (primary N) is 1. The van der Waals surface area contributed by atoms with E-state index in [0.717, 1.165) is 18.2 Å². The second kappa shape index (κ2) is 17.0. The molecule has 0 unspecified atom stereocenters. The van der Waals surface area contributed by atoms with Crippen LogP contribution in [-0.2, 0) is 40.5 Å². The van der Waals surface area contributed by atoms with Gasteiger partial charge >= 0.3 is 6.03 Å². The number of aryl methyl sites for hydroxylation is 2. The number of aliphatic imine (C=N–C) groups is 1. The Bertz CT molecular complexity index is 3100. The van der Waals surface area contributed by atoms with E-state index in [4.69, 9.17) is 5.73 Å². The van der Waals surface area contributed by atoms with Crippen LogP contribution in [0.5, 0.6) is 0 Å². The summed E-state index contributed by atoms with van der Waals surface area (Å²) in [6, 6.07) is 16.3. The van der Waals surface area contributed by atoms with Crippen LogP contribution in [0.2, 0.25) is 0 Å². The Hall–Kier alpha value is -6.52. The molecule has 314 valence electrons. The number of azo groups is 2. The van der Waals surface area contributed by atoms with E-state index in [9.17, 15) is 56.7 Å². The zero-order valence-corrected chi connectivity index (χ0v) is 34.0. The van der Waals surface area contributed by atoms with Gasteiger partial charge in [0.25, 0.3) is 40.5 Å². The molecule has 0 saturated carbocycles. The van der Waals surface area contributed by atoms with Crippen LogP contribution < -0.4 is 21.7 Å². The highest BCUT2D eigenvalue weighted by molar-refractivity contribution is 7.87. The first-order chi connectivity index (χ1) is 27.8.